The Kier molecular flexibility index (Phi) is 2.70. The lowest BCUT2D eigenvalue weighted by molar-refractivity contribution is -0.695. The average molecular weight is 332 g/mol. The van der Waals surface area contributed by atoms with E-state index >= 15 is 4.39 Å². The van der Waals surface area contributed by atoms with E-state index in [1.165, 1.54) is 27.6 Å². The van der Waals surface area contributed by atoms with E-state index < -0.39 is 0 Å². The summed E-state index contributed by atoms with van der Waals surface area (Å²) in [5.41, 5.74) is 5.45. The Morgan fingerprint density at radius 1 is 1.04 bits per heavy atom. The largest absolute Gasteiger partial charge is 0.221 e. The second-order valence-electron chi connectivity index (χ2n) is 8.45. The van der Waals surface area contributed by atoms with Gasteiger partial charge in [-0.05, 0) is 35.9 Å². The maximum Gasteiger partial charge on any atom is 0.221 e. The van der Waals surface area contributed by atoms with Crippen LogP contribution in [0.1, 0.15) is 50.8 Å². The van der Waals surface area contributed by atoms with Crippen molar-refractivity contribution in [1.82, 2.24) is 0 Å². The summed E-state index contributed by atoms with van der Waals surface area (Å²) in [6.45, 7) is 9.83. The predicted molar refractivity (Wildman–Crippen MR) is 99.3 cm³/mol. The van der Waals surface area contributed by atoms with Gasteiger partial charge in [-0.15, -0.1) is 0 Å². The van der Waals surface area contributed by atoms with Crippen LogP contribution >= 0.6 is 0 Å². The summed E-state index contributed by atoms with van der Waals surface area (Å²) in [4.78, 5) is 0. The van der Waals surface area contributed by atoms with E-state index in [9.17, 15) is 0 Å². The number of benzene rings is 2. The van der Waals surface area contributed by atoms with Crippen LogP contribution in [0.2, 0.25) is 0 Å². The third-order valence-electron chi connectivity index (χ3n) is 6.69. The van der Waals surface area contributed by atoms with E-state index in [1.807, 2.05) is 6.07 Å². The molecule has 25 heavy (non-hydrogen) atoms. The minimum absolute atomic E-state index is 0.0332. The summed E-state index contributed by atoms with van der Waals surface area (Å²) in [7, 11) is 0. The third kappa shape index (κ3) is 1.65. The van der Waals surface area contributed by atoms with Crippen molar-refractivity contribution in [2.75, 3.05) is 0 Å². The zero-order valence-corrected chi connectivity index (χ0v) is 15.3. The van der Waals surface area contributed by atoms with Crippen LogP contribution < -0.4 is 4.57 Å². The summed E-state index contributed by atoms with van der Waals surface area (Å²) in [6.07, 6.45) is 3.23. The van der Waals surface area contributed by atoms with Crippen LogP contribution in [0.4, 0.5) is 4.39 Å². The van der Waals surface area contributed by atoms with Crippen LogP contribution in [0.3, 0.4) is 0 Å². The molecule has 126 valence electrons. The molecule has 1 unspecified atom stereocenters. The van der Waals surface area contributed by atoms with E-state index in [2.05, 4.69) is 62.7 Å². The van der Waals surface area contributed by atoms with Crippen LogP contribution in [0, 0.1) is 5.82 Å². The van der Waals surface area contributed by atoms with Gasteiger partial charge in [0.25, 0.3) is 0 Å². The van der Waals surface area contributed by atoms with Gasteiger partial charge in [0.2, 0.25) is 5.69 Å². The molecule has 0 spiro atoms. The third-order valence-corrected chi connectivity index (χ3v) is 6.69. The van der Waals surface area contributed by atoms with Crippen molar-refractivity contribution in [3.63, 3.8) is 0 Å². The van der Waals surface area contributed by atoms with Crippen molar-refractivity contribution in [2.45, 2.75) is 51.5 Å². The molecule has 2 aromatic carbocycles. The van der Waals surface area contributed by atoms with Gasteiger partial charge in [0, 0.05) is 17.0 Å². The number of rotatable bonds is 1. The van der Waals surface area contributed by atoms with Gasteiger partial charge in [0.15, 0.2) is 12.7 Å². The molecule has 0 saturated carbocycles. The van der Waals surface area contributed by atoms with E-state index in [0.717, 1.165) is 24.1 Å². The molecule has 0 bridgehead atoms. The van der Waals surface area contributed by atoms with Gasteiger partial charge in [-0.1, -0.05) is 45.0 Å². The number of pyridine rings is 1. The minimum atomic E-state index is -0.340. The summed E-state index contributed by atoms with van der Waals surface area (Å²) < 4.78 is 17.5. The van der Waals surface area contributed by atoms with Crippen LogP contribution in [-0.2, 0) is 17.4 Å². The Labute approximate surface area is 148 Å². The zero-order chi connectivity index (χ0) is 17.6. The van der Waals surface area contributed by atoms with Crippen molar-refractivity contribution in [2.24, 2.45) is 0 Å². The van der Waals surface area contributed by atoms with Gasteiger partial charge in [-0.3, -0.25) is 0 Å². The van der Waals surface area contributed by atoms with Gasteiger partial charge < -0.3 is 0 Å². The van der Waals surface area contributed by atoms with E-state index in [-0.39, 0.29) is 16.6 Å². The molecule has 2 aliphatic rings. The van der Waals surface area contributed by atoms with Crippen LogP contribution in [0.15, 0.2) is 42.6 Å². The van der Waals surface area contributed by atoms with Gasteiger partial charge in [0.1, 0.15) is 5.82 Å². The first-order valence-electron chi connectivity index (χ1n) is 9.18. The Balaban J connectivity index is 2.08. The molecule has 1 aromatic heterocycles. The molecular formula is C23H23FN+. The molecule has 1 nitrogen and oxygen atoms in total. The summed E-state index contributed by atoms with van der Waals surface area (Å²) in [6, 6.07) is 12.4. The van der Waals surface area contributed by atoms with Crippen molar-refractivity contribution in [3.8, 4) is 11.3 Å². The monoisotopic (exact) mass is 332 g/mol. The first kappa shape index (κ1) is 15.1. The molecule has 2 heteroatoms. The Bertz CT molecular complexity index is 1060. The first-order valence-corrected chi connectivity index (χ1v) is 9.18. The van der Waals surface area contributed by atoms with Crippen molar-refractivity contribution in [1.29, 1.82) is 0 Å². The lowest BCUT2D eigenvalue weighted by atomic mass is 9.64. The highest BCUT2D eigenvalue weighted by atomic mass is 19.1. The Hall–Kier alpha value is -2.22. The summed E-state index contributed by atoms with van der Waals surface area (Å²) in [5.74, 6) is -0.0813. The molecule has 0 saturated heterocycles. The van der Waals surface area contributed by atoms with Crippen molar-refractivity contribution in [3.05, 3.63) is 65.1 Å². The molecule has 3 aromatic rings. The fourth-order valence-corrected chi connectivity index (χ4v) is 5.12. The number of hydrogen-bond donors (Lipinski definition) is 0. The minimum Gasteiger partial charge on any atom is -0.207 e. The molecule has 0 amide bonds. The summed E-state index contributed by atoms with van der Waals surface area (Å²) >= 11 is 0. The molecular weight excluding hydrogens is 309 g/mol. The smallest absolute Gasteiger partial charge is 0.207 e. The zero-order valence-electron chi connectivity index (χ0n) is 15.3. The highest BCUT2D eigenvalue weighted by Gasteiger charge is 2.47. The van der Waals surface area contributed by atoms with Gasteiger partial charge >= 0.3 is 0 Å². The molecule has 1 atom stereocenters. The van der Waals surface area contributed by atoms with Crippen molar-refractivity contribution < 1.29 is 8.96 Å². The maximum atomic E-state index is 15.1. The van der Waals surface area contributed by atoms with Crippen LogP contribution in [0.5, 0.6) is 0 Å². The molecule has 2 heterocycles. The second-order valence-corrected chi connectivity index (χ2v) is 8.45. The second kappa shape index (κ2) is 4.49. The van der Waals surface area contributed by atoms with E-state index in [4.69, 9.17) is 0 Å². The highest BCUT2D eigenvalue weighted by molar-refractivity contribution is 6.01. The lowest BCUT2D eigenvalue weighted by Gasteiger charge is -2.40. The Morgan fingerprint density at radius 2 is 1.84 bits per heavy atom. The van der Waals surface area contributed by atoms with E-state index in [0.29, 0.717) is 0 Å². The molecule has 0 fully saturated rings. The fourth-order valence-electron chi connectivity index (χ4n) is 5.12. The Morgan fingerprint density at radius 3 is 2.60 bits per heavy atom. The first-order chi connectivity index (χ1) is 11.9. The van der Waals surface area contributed by atoms with Gasteiger partial charge in [0.05, 0.1) is 16.4 Å². The maximum absolute atomic E-state index is 15.1. The number of hydrogen-bond acceptors (Lipinski definition) is 0. The number of nitrogens with zero attached hydrogens (tertiary/aromatic N) is 1. The van der Waals surface area contributed by atoms with Crippen LogP contribution in [0.25, 0.3) is 22.0 Å². The quantitative estimate of drug-likeness (QED) is 0.536. The predicted octanol–water partition coefficient (Wildman–Crippen LogP) is 5.25. The number of halogens is 1. The fraction of sp³-hybridized carbons (Fsp3) is 0.348. The standard InChI is InChI=1S/C23H23FN/c1-5-23(4)13-25-12-11-14-7-6-8-15-18(14)21(25)19-16(23)9-10-17(24)20(19)22(15,2)3/h6-12H,5,13H2,1-4H3/q+1. The molecule has 1 aliphatic carbocycles. The van der Waals surface area contributed by atoms with E-state index in [1.54, 1.807) is 6.07 Å². The summed E-state index contributed by atoms with van der Waals surface area (Å²) in [5, 5.41) is 2.55. The van der Waals surface area contributed by atoms with Crippen LogP contribution in [-0.4, -0.2) is 0 Å². The van der Waals surface area contributed by atoms with Crippen molar-refractivity contribution >= 4 is 10.8 Å². The molecule has 0 N–H and O–H groups in total. The molecule has 1 aliphatic heterocycles. The number of aromatic nitrogens is 1. The van der Waals surface area contributed by atoms with Gasteiger partial charge in [-0.2, -0.15) is 4.57 Å². The lowest BCUT2D eigenvalue weighted by Crippen LogP contribution is -2.51. The molecule has 5 rings (SSSR count). The topological polar surface area (TPSA) is 3.88 Å². The highest BCUT2D eigenvalue weighted by Crippen LogP contribution is 2.53. The average Bonchev–Trinajstić information content (AvgIpc) is 2.59. The molecule has 0 radical (unpaired) electrons. The normalized spacial score (nSPS) is 22.3. The SMILES string of the molecule is CCC1(C)C[n+]2ccc3cccc4c3c2-c2c1ccc(F)c2C4(C)C. The van der Waals surface area contributed by atoms with Gasteiger partial charge in [-0.25, -0.2) is 4.39 Å².